The molecule has 1 rings (SSSR count). The van der Waals surface area contributed by atoms with E-state index in [2.05, 4.69) is 51.8 Å². The molecule has 0 amide bonds. The maximum absolute atomic E-state index is 6.01. The number of morpholine rings is 1. The van der Waals surface area contributed by atoms with Crippen LogP contribution in [0.3, 0.4) is 0 Å². The highest BCUT2D eigenvalue weighted by Gasteiger charge is 2.34. The van der Waals surface area contributed by atoms with E-state index in [1.165, 1.54) is 12.8 Å². The first-order valence-electron chi connectivity index (χ1n) is 7.96. The van der Waals surface area contributed by atoms with E-state index in [0.717, 1.165) is 32.1 Å². The second kappa shape index (κ2) is 7.61. The van der Waals surface area contributed by atoms with Crippen LogP contribution in [0.2, 0.25) is 0 Å². The van der Waals surface area contributed by atoms with Crippen molar-refractivity contribution >= 4 is 0 Å². The summed E-state index contributed by atoms with van der Waals surface area (Å²) in [7, 11) is 0. The molecule has 0 aliphatic carbocycles. The topological polar surface area (TPSA) is 24.5 Å². The van der Waals surface area contributed by atoms with Crippen LogP contribution in [0.15, 0.2) is 0 Å². The zero-order valence-electron chi connectivity index (χ0n) is 13.8. The van der Waals surface area contributed by atoms with Crippen LogP contribution in [0.4, 0.5) is 0 Å². The van der Waals surface area contributed by atoms with Gasteiger partial charge in [-0.2, -0.15) is 0 Å². The third kappa shape index (κ3) is 6.24. The van der Waals surface area contributed by atoms with Crippen LogP contribution in [-0.4, -0.2) is 48.8 Å². The molecule has 0 aromatic carbocycles. The molecule has 1 heterocycles. The Balaban J connectivity index is 2.53. The largest absolute Gasteiger partial charge is 0.370 e. The van der Waals surface area contributed by atoms with Crippen molar-refractivity contribution in [2.45, 2.75) is 72.1 Å². The van der Waals surface area contributed by atoms with E-state index >= 15 is 0 Å². The van der Waals surface area contributed by atoms with E-state index in [0.29, 0.717) is 12.1 Å². The SMILES string of the molecule is CCCC(CNCC(C)C)N1CC(C)OC(C)(C)C1. The molecule has 3 nitrogen and oxygen atoms in total. The van der Waals surface area contributed by atoms with Crippen molar-refractivity contribution in [2.24, 2.45) is 5.92 Å². The first-order chi connectivity index (χ1) is 8.84. The number of nitrogens with zero attached hydrogens (tertiary/aromatic N) is 1. The first kappa shape index (κ1) is 16.9. The second-order valence-electron chi connectivity index (χ2n) is 7.11. The molecule has 114 valence electrons. The number of ether oxygens (including phenoxy) is 1. The van der Waals surface area contributed by atoms with Gasteiger partial charge in [0.15, 0.2) is 0 Å². The molecule has 1 fully saturated rings. The van der Waals surface area contributed by atoms with Crippen LogP contribution < -0.4 is 5.32 Å². The zero-order valence-corrected chi connectivity index (χ0v) is 13.8. The molecular formula is C16H34N2O. The Morgan fingerprint density at radius 2 is 2.00 bits per heavy atom. The monoisotopic (exact) mass is 270 g/mol. The Morgan fingerprint density at radius 1 is 1.32 bits per heavy atom. The van der Waals surface area contributed by atoms with E-state index < -0.39 is 0 Å². The lowest BCUT2D eigenvalue weighted by Crippen LogP contribution is -2.57. The molecule has 0 aromatic rings. The summed E-state index contributed by atoms with van der Waals surface area (Å²) in [5.74, 6) is 0.724. The standard InChI is InChI=1S/C16H34N2O/c1-7-8-15(10-17-9-13(2)3)18-11-14(4)19-16(5,6)12-18/h13-15,17H,7-12H2,1-6H3. The van der Waals surface area contributed by atoms with E-state index in [1.807, 2.05) is 0 Å². The molecular weight excluding hydrogens is 236 g/mol. The van der Waals surface area contributed by atoms with Crippen LogP contribution in [0.1, 0.15) is 54.4 Å². The highest BCUT2D eigenvalue weighted by molar-refractivity contribution is 4.87. The highest BCUT2D eigenvalue weighted by atomic mass is 16.5. The molecule has 0 saturated carbocycles. The fraction of sp³-hybridized carbons (Fsp3) is 1.00. The Bertz CT molecular complexity index is 253. The average Bonchev–Trinajstić information content (AvgIpc) is 2.24. The Kier molecular flexibility index (Phi) is 6.78. The summed E-state index contributed by atoms with van der Waals surface area (Å²) >= 11 is 0. The molecule has 1 saturated heterocycles. The van der Waals surface area contributed by atoms with Gasteiger partial charge in [0.25, 0.3) is 0 Å². The van der Waals surface area contributed by atoms with Gasteiger partial charge >= 0.3 is 0 Å². The van der Waals surface area contributed by atoms with Gasteiger partial charge in [0.1, 0.15) is 0 Å². The average molecular weight is 270 g/mol. The summed E-state index contributed by atoms with van der Waals surface area (Å²) in [5, 5.41) is 3.63. The Morgan fingerprint density at radius 3 is 2.53 bits per heavy atom. The fourth-order valence-electron chi connectivity index (χ4n) is 3.07. The van der Waals surface area contributed by atoms with Gasteiger partial charge in [0.05, 0.1) is 11.7 Å². The molecule has 2 atom stereocenters. The van der Waals surface area contributed by atoms with Crippen LogP contribution >= 0.6 is 0 Å². The van der Waals surface area contributed by atoms with E-state index in [4.69, 9.17) is 4.74 Å². The van der Waals surface area contributed by atoms with Gasteiger partial charge < -0.3 is 10.1 Å². The van der Waals surface area contributed by atoms with Crippen molar-refractivity contribution in [3.8, 4) is 0 Å². The van der Waals surface area contributed by atoms with Crippen molar-refractivity contribution < 1.29 is 4.74 Å². The molecule has 2 unspecified atom stereocenters. The lowest BCUT2D eigenvalue weighted by atomic mass is 10.0. The number of nitrogens with one attached hydrogen (secondary N) is 1. The Labute approximate surface area is 120 Å². The van der Waals surface area contributed by atoms with Crippen LogP contribution in [0.5, 0.6) is 0 Å². The summed E-state index contributed by atoms with van der Waals surface area (Å²) in [6.07, 6.45) is 2.86. The summed E-state index contributed by atoms with van der Waals surface area (Å²) < 4.78 is 6.01. The second-order valence-corrected chi connectivity index (χ2v) is 7.11. The molecule has 0 radical (unpaired) electrons. The van der Waals surface area contributed by atoms with Crippen molar-refractivity contribution in [3.63, 3.8) is 0 Å². The summed E-state index contributed by atoms with van der Waals surface area (Å²) in [6.45, 7) is 17.8. The molecule has 1 aliphatic rings. The highest BCUT2D eigenvalue weighted by Crippen LogP contribution is 2.23. The smallest absolute Gasteiger partial charge is 0.0757 e. The Hall–Kier alpha value is -0.120. The normalized spacial score (nSPS) is 25.7. The molecule has 3 heteroatoms. The summed E-state index contributed by atoms with van der Waals surface area (Å²) in [5.41, 5.74) is -0.0122. The van der Waals surface area contributed by atoms with Gasteiger partial charge in [-0.05, 0) is 39.7 Å². The molecule has 1 N–H and O–H groups in total. The number of hydrogen-bond donors (Lipinski definition) is 1. The molecule has 1 aliphatic heterocycles. The summed E-state index contributed by atoms with van der Waals surface area (Å²) in [4.78, 5) is 2.63. The maximum Gasteiger partial charge on any atom is 0.0757 e. The lowest BCUT2D eigenvalue weighted by Gasteiger charge is -2.45. The van der Waals surface area contributed by atoms with Gasteiger partial charge in [-0.15, -0.1) is 0 Å². The van der Waals surface area contributed by atoms with Crippen LogP contribution in [0.25, 0.3) is 0 Å². The van der Waals surface area contributed by atoms with Gasteiger partial charge in [-0.1, -0.05) is 27.2 Å². The van der Waals surface area contributed by atoms with Crippen LogP contribution in [0, 0.1) is 5.92 Å². The number of hydrogen-bond acceptors (Lipinski definition) is 3. The number of rotatable bonds is 7. The summed E-state index contributed by atoms with van der Waals surface area (Å²) in [6, 6.07) is 0.648. The molecule has 0 aromatic heterocycles. The van der Waals surface area contributed by atoms with Crippen molar-refractivity contribution in [3.05, 3.63) is 0 Å². The predicted molar refractivity (Wildman–Crippen MR) is 82.6 cm³/mol. The third-order valence-corrected chi connectivity index (χ3v) is 3.67. The van der Waals surface area contributed by atoms with Gasteiger partial charge in [-0.3, -0.25) is 4.90 Å². The van der Waals surface area contributed by atoms with Gasteiger partial charge in [0, 0.05) is 25.7 Å². The molecule has 0 spiro atoms. The quantitative estimate of drug-likeness (QED) is 0.770. The van der Waals surface area contributed by atoms with Crippen molar-refractivity contribution in [2.75, 3.05) is 26.2 Å². The van der Waals surface area contributed by atoms with E-state index in [9.17, 15) is 0 Å². The lowest BCUT2D eigenvalue weighted by molar-refractivity contribution is -0.138. The van der Waals surface area contributed by atoms with Gasteiger partial charge in [-0.25, -0.2) is 0 Å². The van der Waals surface area contributed by atoms with Gasteiger partial charge in [0.2, 0.25) is 0 Å². The van der Waals surface area contributed by atoms with Crippen molar-refractivity contribution in [1.82, 2.24) is 10.2 Å². The van der Waals surface area contributed by atoms with E-state index in [1.54, 1.807) is 0 Å². The minimum absolute atomic E-state index is 0.0122. The fourth-order valence-corrected chi connectivity index (χ4v) is 3.07. The molecule has 0 bridgehead atoms. The minimum atomic E-state index is -0.0122. The van der Waals surface area contributed by atoms with Crippen LogP contribution in [-0.2, 0) is 4.74 Å². The zero-order chi connectivity index (χ0) is 14.5. The maximum atomic E-state index is 6.01. The third-order valence-electron chi connectivity index (χ3n) is 3.67. The predicted octanol–water partition coefficient (Wildman–Crippen LogP) is 2.90. The van der Waals surface area contributed by atoms with E-state index in [-0.39, 0.29) is 5.60 Å². The molecule has 19 heavy (non-hydrogen) atoms. The first-order valence-corrected chi connectivity index (χ1v) is 7.96. The minimum Gasteiger partial charge on any atom is -0.370 e. The van der Waals surface area contributed by atoms with Crippen molar-refractivity contribution in [1.29, 1.82) is 0 Å².